The highest BCUT2D eigenvalue weighted by molar-refractivity contribution is 7.19. The van der Waals surface area contributed by atoms with Crippen molar-refractivity contribution >= 4 is 45.0 Å². The zero-order valence-electron chi connectivity index (χ0n) is 17.6. The lowest BCUT2D eigenvalue weighted by molar-refractivity contribution is -0.117. The molecule has 1 aliphatic heterocycles. The first-order valence-electron chi connectivity index (χ1n) is 10.5. The standard InChI is InChI=1S/C21H22N8O2S2/c22-16(9-15-11-32-12-24-15)19(31)25-14-3-1-2-13(8-14)20-27-29-18(30)10-17(26-21(29)33-20)28-6-4-23-5-7-28/h1-3,8,10-12,16,23H,4-7,9,22H2,(H,25,31). The van der Waals surface area contributed by atoms with Crippen LogP contribution in [0.15, 0.2) is 46.0 Å². The van der Waals surface area contributed by atoms with E-state index in [0.29, 0.717) is 27.9 Å². The highest BCUT2D eigenvalue weighted by Gasteiger charge is 2.18. The molecule has 0 bridgehead atoms. The highest BCUT2D eigenvalue weighted by Crippen LogP contribution is 2.27. The number of thiazole rings is 1. The fourth-order valence-corrected chi connectivity index (χ4v) is 5.06. The second kappa shape index (κ2) is 9.35. The van der Waals surface area contributed by atoms with Gasteiger partial charge in [0.25, 0.3) is 5.56 Å². The number of carbonyl (C=O) groups is 1. The Morgan fingerprint density at radius 1 is 1.27 bits per heavy atom. The Labute approximate surface area is 197 Å². The third-order valence-electron chi connectivity index (χ3n) is 5.30. The van der Waals surface area contributed by atoms with Crippen LogP contribution in [-0.4, -0.2) is 57.7 Å². The van der Waals surface area contributed by atoms with Crippen LogP contribution in [0.3, 0.4) is 0 Å². The number of aromatic nitrogens is 4. The first kappa shape index (κ1) is 21.6. The van der Waals surface area contributed by atoms with E-state index in [2.05, 4.69) is 30.6 Å². The predicted octanol–water partition coefficient (Wildman–Crippen LogP) is 1.19. The Hall–Kier alpha value is -3.19. The van der Waals surface area contributed by atoms with Crippen LogP contribution in [-0.2, 0) is 11.2 Å². The Kier molecular flexibility index (Phi) is 6.13. The summed E-state index contributed by atoms with van der Waals surface area (Å²) < 4.78 is 1.32. The zero-order chi connectivity index (χ0) is 22.8. The van der Waals surface area contributed by atoms with Gasteiger partial charge in [-0.15, -0.1) is 11.3 Å². The van der Waals surface area contributed by atoms with Crippen molar-refractivity contribution in [2.45, 2.75) is 12.5 Å². The molecule has 4 N–H and O–H groups in total. The van der Waals surface area contributed by atoms with Gasteiger partial charge in [0.05, 0.1) is 17.2 Å². The predicted molar refractivity (Wildman–Crippen MR) is 130 cm³/mol. The van der Waals surface area contributed by atoms with Crippen molar-refractivity contribution in [3.05, 3.63) is 57.3 Å². The number of anilines is 2. The van der Waals surface area contributed by atoms with Crippen LogP contribution < -0.4 is 26.8 Å². The number of piperazine rings is 1. The topological polar surface area (TPSA) is 131 Å². The molecule has 1 saturated heterocycles. The average Bonchev–Trinajstić information content (AvgIpc) is 3.50. The number of amides is 1. The molecule has 10 nitrogen and oxygen atoms in total. The van der Waals surface area contributed by atoms with Gasteiger partial charge in [-0.05, 0) is 12.1 Å². The number of carbonyl (C=O) groups excluding carboxylic acids is 1. The van der Waals surface area contributed by atoms with Gasteiger partial charge in [-0.3, -0.25) is 9.59 Å². The van der Waals surface area contributed by atoms with Crippen molar-refractivity contribution in [3.8, 4) is 10.6 Å². The van der Waals surface area contributed by atoms with E-state index in [-0.39, 0.29) is 11.5 Å². The number of rotatable bonds is 6. The number of benzene rings is 1. The van der Waals surface area contributed by atoms with E-state index in [1.807, 2.05) is 23.6 Å². The molecular formula is C21H22N8O2S2. The molecule has 0 saturated carbocycles. The van der Waals surface area contributed by atoms with Crippen molar-refractivity contribution in [2.75, 3.05) is 36.4 Å². The second-order valence-electron chi connectivity index (χ2n) is 7.65. The molecule has 3 aromatic heterocycles. The summed E-state index contributed by atoms with van der Waals surface area (Å²) in [7, 11) is 0. The number of nitrogens with zero attached hydrogens (tertiary/aromatic N) is 5. The third-order valence-corrected chi connectivity index (χ3v) is 6.89. The van der Waals surface area contributed by atoms with E-state index in [1.165, 1.54) is 33.3 Å². The average molecular weight is 483 g/mol. The van der Waals surface area contributed by atoms with Crippen LogP contribution in [0.2, 0.25) is 0 Å². The summed E-state index contributed by atoms with van der Waals surface area (Å²) in [6, 6.07) is 8.13. The molecule has 5 rings (SSSR count). The Morgan fingerprint density at radius 3 is 2.91 bits per heavy atom. The normalized spacial score (nSPS) is 15.0. The highest BCUT2D eigenvalue weighted by atomic mass is 32.1. The number of nitrogens with two attached hydrogens (primary N) is 1. The van der Waals surface area contributed by atoms with Gasteiger partial charge in [-0.25, -0.2) is 9.97 Å². The molecule has 1 aliphatic rings. The number of nitrogens with one attached hydrogen (secondary N) is 2. The smallest absolute Gasteiger partial charge is 0.277 e. The minimum Gasteiger partial charge on any atom is -0.354 e. The Bertz CT molecular complexity index is 1330. The van der Waals surface area contributed by atoms with Crippen LogP contribution in [0.4, 0.5) is 11.5 Å². The summed E-state index contributed by atoms with van der Waals surface area (Å²) in [5.74, 6) is 0.384. The van der Waals surface area contributed by atoms with E-state index < -0.39 is 6.04 Å². The molecule has 0 spiro atoms. The van der Waals surface area contributed by atoms with Gasteiger partial charge in [-0.2, -0.15) is 9.61 Å². The maximum atomic E-state index is 12.7. The minimum atomic E-state index is -0.704. The number of hydrogen-bond acceptors (Lipinski definition) is 10. The summed E-state index contributed by atoms with van der Waals surface area (Å²) in [5, 5.41) is 13.1. The SMILES string of the molecule is NC(Cc1cscn1)C(=O)Nc1cccc(-c2nn3c(=O)cc(N4CCNCC4)nc3s2)c1. The van der Waals surface area contributed by atoms with Gasteiger partial charge in [0, 0.05) is 55.3 Å². The van der Waals surface area contributed by atoms with Crippen LogP contribution >= 0.6 is 22.7 Å². The molecule has 1 aromatic carbocycles. The summed E-state index contributed by atoms with van der Waals surface area (Å²) in [6.07, 6.45) is 0.372. The van der Waals surface area contributed by atoms with Gasteiger partial charge in [-0.1, -0.05) is 23.5 Å². The third kappa shape index (κ3) is 4.78. The maximum absolute atomic E-state index is 12.7. The van der Waals surface area contributed by atoms with Crippen LogP contribution in [0.1, 0.15) is 5.69 Å². The minimum absolute atomic E-state index is 0.214. The zero-order valence-corrected chi connectivity index (χ0v) is 19.2. The van der Waals surface area contributed by atoms with Crippen molar-refractivity contribution in [1.82, 2.24) is 24.9 Å². The largest absolute Gasteiger partial charge is 0.354 e. The first-order valence-corrected chi connectivity index (χ1v) is 12.2. The van der Waals surface area contributed by atoms with Gasteiger partial charge in [0.1, 0.15) is 10.8 Å². The molecule has 33 heavy (non-hydrogen) atoms. The molecule has 4 heterocycles. The Balaban J connectivity index is 1.36. The molecular weight excluding hydrogens is 460 g/mol. The molecule has 12 heteroatoms. The lowest BCUT2D eigenvalue weighted by Gasteiger charge is -2.27. The monoisotopic (exact) mass is 482 g/mol. The first-order chi connectivity index (χ1) is 16.1. The van der Waals surface area contributed by atoms with Crippen LogP contribution in [0.25, 0.3) is 15.5 Å². The quantitative estimate of drug-likeness (QED) is 0.374. The van der Waals surface area contributed by atoms with E-state index in [0.717, 1.165) is 37.4 Å². The van der Waals surface area contributed by atoms with Gasteiger partial charge < -0.3 is 21.3 Å². The summed E-state index contributed by atoms with van der Waals surface area (Å²) in [6.45, 7) is 3.34. The lowest BCUT2D eigenvalue weighted by Crippen LogP contribution is -2.44. The molecule has 170 valence electrons. The van der Waals surface area contributed by atoms with E-state index in [4.69, 9.17) is 5.73 Å². The fourth-order valence-electron chi connectivity index (χ4n) is 3.59. The maximum Gasteiger partial charge on any atom is 0.277 e. The van der Waals surface area contributed by atoms with Crippen molar-refractivity contribution in [2.24, 2.45) is 5.73 Å². The summed E-state index contributed by atoms with van der Waals surface area (Å²) >= 11 is 2.80. The molecule has 0 aliphatic carbocycles. The van der Waals surface area contributed by atoms with E-state index in [1.54, 1.807) is 11.6 Å². The van der Waals surface area contributed by atoms with Crippen molar-refractivity contribution in [3.63, 3.8) is 0 Å². The molecule has 1 fully saturated rings. The second-order valence-corrected chi connectivity index (χ2v) is 9.33. The fraction of sp³-hybridized carbons (Fsp3) is 0.286. The molecule has 4 aromatic rings. The van der Waals surface area contributed by atoms with Crippen LogP contribution in [0, 0.1) is 0 Å². The molecule has 1 unspecified atom stereocenters. The van der Waals surface area contributed by atoms with Crippen LogP contribution in [0.5, 0.6) is 0 Å². The number of hydrogen-bond donors (Lipinski definition) is 3. The van der Waals surface area contributed by atoms with Gasteiger partial charge in [0.2, 0.25) is 10.9 Å². The summed E-state index contributed by atoms with van der Waals surface area (Å²) in [5.41, 5.74) is 9.72. The van der Waals surface area contributed by atoms with E-state index in [9.17, 15) is 9.59 Å². The van der Waals surface area contributed by atoms with Gasteiger partial charge >= 0.3 is 0 Å². The molecule has 1 atom stereocenters. The number of fused-ring (bicyclic) bond motifs is 1. The lowest BCUT2D eigenvalue weighted by atomic mass is 10.1. The van der Waals surface area contributed by atoms with E-state index >= 15 is 0 Å². The van der Waals surface area contributed by atoms with Gasteiger partial charge in [0.15, 0.2) is 0 Å². The Morgan fingerprint density at radius 2 is 2.12 bits per heavy atom. The van der Waals surface area contributed by atoms with Crippen molar-refractivity contribution in [1.29, 1.82) is 0 Å². The molecule has 1 amide bonds. The molecule has 0 radical (unpaired) electrons. The summed E-state index contributed by atoms with van der Waals surface area (Å²) in [4.78, 5) is 36.6. The van der Waals surface area contributed by atoms with Crippen molar-refractivity contribution < 1.29 is 4.79 Å².